The van der Waals surface area contributed by atoms with Crippen LogP contribution in [0.5, 0.6) is 11.5 Å². The van der Waals surface area contributed by atoms with E-state index in [4.69, 9.17) is 9.47 Å². The van der Waals surface area contributed by atoms with Crippen LogP contribution in [0.25, 0.3) is 0 Å². The summed E-state index contributed by atoms with van der Waals surface area (Å²) < 4.78 is 11.3. The minimum absolute atomic E-state index is 0.00924. The Labute approximate surface area is 200 Å². The molecule has 3 aromatic rings. The van der Waals surface area contributed by atoms with Crippen molar-refractivity contribution in [1.82, 2.24) is 0 Å². The highest BCUT2D eigenvalue weighted by Crippen LogP contribution is 2.18. The molecule has 0 radical (unpaired) electrons. The monoisotopic (exact) mass is 461 g/mol. The number of anilines is 3. The van der Waals surface area contributed by atoms with Crippen molar-refractivity contribution in [2.24, 2.45) is 5.92 Å². The number of para-hydroxylation sites is 1. The summed E-state index contributed by atoms with van der Waals surface area (Å²) in [6, 6.07) is 24.0. The van der Waals surface area contributed by atoms with Gasteiger partial charge in [-0.1, -0.05) is 38.1 Å². The van der Waals surface area contributed by atoms with Crippen molar-refractivity contribution in [3.05, 3.63) is 78.9 Å². The second-order valence-electron chi connectivity index (χ2n) is 8.16. The molecule has 3 N–H and O–H groups in total. The number of carbonyl (C=O) groups is 2. The summed E-state index contributed by atoms with van der Waals surface area (Å²) in [5.41, 5.74) is 2.16. The van der Waals surface area contributed by atoms with Gasteiger partial charge in [-0.3, -0.25) is 9.59 Å². The summed E-state index contributed by atoms with van der Waals surface area (Å²) in [6.07, 6.45) is 0.480. The Balaban J connectivity index is 1.39. The number of hydrogen-bond donors (Lipinski definition) is 3. The van der Waals surface area contributed by atoms with E-state index >= 15 is 0 Å². The fourth-order valence-corrected chi connectivity index (χ4v) is 3.14. The van der Waals surface area contributed by atoms with Crippen molar-refractivity contribution in [2.75, 3.05) is 35.7 Å². The first-order valence-electron chi connectivity index (χ1n) is 11.3. The number of nitrogens with one attached hydrogen (secondary N) is 3. The molecule has 0 spiro atoms. The highest BCUT2D eigenvalue weighted by molar-refractivity contribution is 5.94. The van der Waals surface area contributed by atoms with E-state index in [1.54, 1.807) is 24.3 Å². The first-order valence-corrected chi connectivity index (χ1v) is 11.3. The van der Waals surface area contributed by atoms with Gasteiger partial charge in [0.1, 0.15) is 24.7 Å². The number of benzene rings is 3. The standard InChI is InChI=1S/C27H31N3O4/c1-20(2)17-26(31)29-22-13-11-21(12-14-22)28-19-27(32)30-23-7-6-10-25(18-23)34-16-15-33-24-8-4-3-5-9-24/h3-14,18,20,28H,15-17,19H2,1-2H3,(H,29,31)(H,30,32). The maximum absolute atomic E-state index is 12.3. The van der Waals surface area contributed by atoms with Gasteiger partial charge in [-0.25, -0.2) is 0 Å². The van der Waals surface area contributed by atoms with Crippen LogP contribution in [0.3, 0.4) is 0 Å². The van der Waals surface area contributed by atoms with Crippen LogP contribution in [-0.2, 0) is 9.59 Å². The molecule has 0 fully saturated rings. The molecular weight excluding hydrogens is 430 g/mol. The molecule has 0 saturated carbocycles. The summed E-state index contributed by atoms with van der Waals surface area (Å²) in [4.78, 5) is 24.2. The molecule has 0 atom stereocenters. The van der Waals surface area contributed by atoms with E-state index in [1.807, 2.05) is 68.4 Å². The van der Waals surface area contributed by atoms with Crippen molar-refractivity contribution >= 4 is 28.9 Å². The first-order chi connectivity index (χ1) is 16.5. The van der Waals surface area contributed by atoms with Gasteiger partial charge in [-0.05, 0) is 54.4 Å². The Morgan fingerprint density at radius 2 is 1.32 bits per heavy atom. The van der Waals surface area contributed by atoms with Crippen LogP contribution in [0.2, 0.25) is 0 Å². The third-order valence-electron chi connectivity index (χ3n) is 4.70. The van der Waals surface area contributed by atoms with Crippen LogP contribution in [0.1, 0.15) is 20.3 Å². The topological polar surface area (TPSA) is 88.7 Å². The average Bonchev–Trinajstić information content (AvgIpc) is 2.82. The summed E-state index contributed by atoms with van der Waals surface area (Å²) in [5, 5.41) is 8.80. The van der Waals surface area contributed by atoms with Crippen molar-refractivity contribution in [2.45, 2.75) is 20.3 Å². The molecule has 2 amide bonds. The molecule has 0 bridgehead atoms. The van der Waals surface area contributed by atoms with Crippen molar-refractivity contribution < 1.29 is 19.1 Å². The van der Waals surface area contributed by atoms with Gasteiger partial charge >= 0.3 is 0 Å². The highest BCUT2D eigenvalue weighted by atomic mass is 16.5. The molecular formula is C27H31N3O4. The van der Waals surface area contributed by atoms with Crippen molar-refractivity contribution in [3.63, 3.8) is 0 Å². The molecule has 0 heterocycles. The molecule has 0 unspecified atom stereocenters. The molecule has 0 aromatic heterocycles. The Hall–Kier alpha value is -4.00. The maximum atomic E-state index is 12.3. The number of carbonyl (C=O) groups excluding carboxylic acids is 2. The fourth-order valence-electron chi connectivity index (χ4n) is 3.14. The summed E-state index contributed by atoms with van der Waals surface area (Å²) >= 11 is 0. The molecule has 7 heteroatoms. The van der Waals surface area contributed by atoms with Gasteiger partial charge in [0.25, 0.3) is 0 Å². The smallest absolute Gasteiger partial charge is 0.243 e. The van der Waals surface area contributed by atoms with Gasteiger partial charge in [0, 0.05) is 29.5 Å². The zero-order valence-corrected chi connectivity index (χ0v) is 19.5. The normalized spacial score (nSPS) is 10.4. The Morgan fingerprint density at radius 3 is 2.03 bits per heavy atom. The number of rotatable bonds is 12. The minimum Gasteiger partial charge on any atom is -0.490 e. The minimum atomic E-state index is -0.182. The predicted octanol–water partition coefficient (Wildman–Crippen LogP) is 5.18. The molecule has 178 valence electrons. The molecule has 0 aliphatic rings. The van der Waals surface area contributed by atoms with E-state index in [0.29, 0.717) is 37.0 Å². The lowest BCUT2D eigenvalue weighted by Gasteiger charge is -2.11. The zero-order valence-electron chi connectivity index (χ0n) is 19.5. The highest BCUT2D eigenvalue weighted by Gasteiger charge is 2.06. The van der Waals surface area contributed by atoms with Gasteiger partial charge in [0.2, 0.25) is 11.8 Å². The van der Waals surface area contributed by atoms with E-state index in [2.05, 4.69) is 16.0 Å². The number of hydrogen-bond acceptors (Lipinski definition) is 5. The largest absolute Gasteiger partial charge is 0.490 e. The van der Waals surface area contributed by atoms with Gasteiger partial charge < -0.3 is 25.4 Å². The average molecular weight is 462 g/mol. The van der Waals surface area contributed by atoms with E-state index in [-0.39, 0.29) is 18.4 Å². The van der Waals surface area contributed by atoms with Crippen LogP contribution in [-0.4, -0.2) is 31.6 Å². The summed E-state index contributed by atoms with van der Waals surface area (Å²) in [7, 11) is 0. The van der Waals surface area contributed by atoms with E-state index in [0.717, 1.165) is 17.1 Å². The van der Waals surface area contributed by atoms with Crippen molar-refractivity contribution in [1.29, 1.82) is 0 Å². The van der Waals surface area contributed by atoms with Crippen LogP contribution >= 0.6 is 0 Å². The fraction of sp³-hybridized carbons (Fsp3) is 0.259. The molecule has 0 aliphatic heterocycles. The number of amides is 2. The second kappa shape index (κ2) is 12.9. The van der Waals surface area contributed by atoms with Crippen LogP contribution in [0, 0.1) is 5.92 Å². The summed E-state index contributed by atoms with van der Waals surface area (Å²) in [6.45, 7) is 4.92. The van der Waals surface area contributed by atoms with Crippen LogP contribution in [0.4, 0.5) is 17.1 Å². The molecule has 34 heavy (non-hydrogen) atoms. The number of ether oxygens (including phenoxy) is 2. The predicted molar refractivity (Wildman–Crippen MR) is 136 cm³/mol. The molecule has 0 aliphatic carbocycles. The van der Waals surface area contributed by atoms with Gasteiger partial charge in [0.05, 0.1) is 6.54 Å². The Morgan fingerprint density at radius 1 is 0.706 bits per heavy atom. The quantitative estimate of drug-likeness (QED) is 0.324. The molecule has 7 nitrogen and oxygen atoms in total. The van der Waals surface area contributed by atoms with E-state index in [1.165, 1.54) is 0 Å². The maximum Gasteiger partial charge on any atom is 0.243 e. The summed E-state index contributed by atoms with van der Waals surface area (Å²) in [5.74, 6) is 1.56. The van der Waals surface area contributed by atoms with Gasteiger partial charge in [-0.2, -0.15) is 0 Å². The van der Waals surface area contributed by atoms with E-state index in [9.17, 15) is 9.59 Å². The van der Waals surface area contributed by atoms with Gasteiger partial charge in [0.15, 0.2) is 0 Å². The lowest BCUT2D eigenvalue weighted by Crippen LogP contribution is -2.21. The lowest BCUT2D eigenvalue weighted by atomic mass is 10.1. The Kier molecular flexibility index (Phi) is 9.34. The Bertz CT molecular complexity index is 1050. The zero-order chi connectivity index (χ0) is 24.2. The van der Waals surface area contributed by atoms with Crippen LogP contribution in [0.15, 0.2) is 78.9 Å². The second-order valence-corrected chi connectivity index (χ2v) is 8.16. The van der Waals surface area contributed by atoms with E-state index < -0.39 is 0 Å². The molecule has 3 aromatic carbocycles. The third-order valence-corrected chi connectivity index (χ3v) is 4.70. The lowest BCUT2D eigenvalue weighted by molar-refractivity contribution is -0.117. The molecule has 0 saturated heterocycles. The van der Waals surface area contributed by atoms with Crippen molar-refractivity contribution in [3.8, 4) is 11.5 Å². The third kappa shape index (κ3) is 8.86. The first kappa shape index (κ1) is 24.6. The van der Waals surface area contributed by atoms with Crippen LogP contribution < -0.4 is 25.4 Å². The SMILES string of the molecule is CC(C)CC(=O)Nc1ccc(NCC(=O)Nc2cccc(OCCOc3ccccc3)c2)cc1. The van der Waals surface area contributed by atoms with Gasteiger partial charge in [-0.15, -0.1) is 0 Å². The molecule has 3 rings (SSSR count).